The first kappa shape index (κ1) is 26.3. The number of nitrogens with one attached hydrogen (secondary N) is 1. The molecule has 1 N–H and O–H groups in total. The van der Waals surface area contributed by atoms with Crippen LogP contribution >= 0.6 is 11.6 Å². The van der Waals surface area contributed by atoms with Crippen LogP contribution in [0.4, 0.5) is 42.6 Å². The minimum Gasteiger partial charge on any atom is -0.426 e. The summed E-state index contributed by atoms with van der Waals surface area (Å²) in [5.74, 6) is 0.432. The van der Waals surface area contributed by atoms with Crippen LogP contribution in [-0.2, 0) is 4.74 Å². The van der Waals surface area contributed by atoms with E-state index in [0.29, 0.717) is 33.1 Å². The second-order valence-corrected chi connectivity index (χ2v) is 8.59. The van der Waals surface area contributed by atoms with Gasteiger partial charge in [0.15, 0.2) is 0 Å². The molecule has 15 heteroatoms. The molecular formula is C22H17ClF6N6O2. The highest BCUT2D eigenvalue weighted by Gasteiger charge is 2.60. The number of carbonyl (C=O) groups is 1. The van der Waals surface area contributed by atoms with Crippen LogP contribution in [0.1, 0.15) is 24.4 Å². The summed E-state index contributed by atoms with van der Waals surface area (Å²) in [7, 11) is 0. The molecule has 196 valence electrons. The maximum absolute atomic E-state index is 12.7. The number of benzene rings is 1. The molecule has 0 bridgehead atoms. The Morgan fingerprint density at radius 2 is 1.81 bits per heavy atom. The topological polar surface area (TPSA) is 96.1 Å². The van der Waals surface area contributed by atoms with E-state index < -0.39 is 24.5 Å². The maximum atomic E-state index is 12.7. The van der Waals surface area contributed by atoms with Crippen molar-refractivity contribution in [3.05, 3.63) is 47.4 Å². The summed E-state index contributed by atoms with van der Waals surface area (Å²) in [6.45, 7) is -0.217. The number of aromatic nitrogens is 3. The van der Waals surface area contributed by atoms with Gasteiger partial charge in [0, 0.05) is 25.3 Å². The van der Waals surface area contributed by atoms with Crippen molar-refractivity contribution in [3.8, 4) is 6.07 Å². The molecule has 3 aromatic rings. The Labute approximate surface area is 210 Å². The van der Waals surface area contributed by atoms with Gasteiger partial charge in [0.05, 0.1) is 27.7 Å². The summed E-state index contributed by atoms with van der Waals surface area (Å²) in [5, 5.41) is 13.0. The van der Waals surface area contributed by atoms with E-state index in [9.17, 15) is 31.1 Å². The Kier molecular flexibility index (Phi) is 7.09. The highest BCUT2D eigenvalue weighted by molar-refractivity contribution is 6.33. The molecule has 0 unspecified atom stereocenters. The first-order chi connectivity index (χ1) is 17.4. The Morgan fingerprint density at radius 1 is 1.14 bits per heavy atom. The SMILES string of the molecule is N#Cc1ccc(Nc2ncnc3c2ccn3C2CCN(C(=O)OC(C(F)(F)F)C(F)(F)F)CC2)c(Cl)c1. The van der Waals surface area contributed by atoms with E-state index in [4.69, 9.17) is 16.9 Å². The van der Waals surface area contributed by atoms with Crippen LogP contribution in [0.3, 0.4) is 0 Å². The standard InChI is InChI=1S/C22H17ClF6N6O2/c23-15-9-12(10-30)1-2-16(15)33-17-14-5-8-35(18(14)32-11-31-17)13-3-6-34(7-4-13)20(36)37-19(21(24,25)26)22(27,28)29/h1-2,5,8-9,11,13,19H,3-4,6-7H2,(H,31,32,33). The van der Waals surface area contributed by atoms with Gasteiger partial charge >= 0.3 is 18.4 Å². The Balaban J connectivity index is 1.46. The van der Waals surface area contributed by atoms with Crippen LogP contribution in [0.2, 0.25) is 5.02 Å². The van der Waals surface area contributed by atoms with Crippen molar-refractivity contribution in [2.45, 2.75) is 37.3 Å². The number of likely N-dealkylation sites (tertiary alicyclic amines) is 1. The predicted molar refractivity (Wildman–Crippen MR) is 119 cm³/mol. The minimum absolute atomic E-state index is 0.108. The number of piperidine rings is 1. The molecule has 0 spiro atoms. The summed E-state index contributed by atoms with van der Waals surface area (Å²) in [5.41, 5.74) is 1.42. The number of hydrogen-bond donors (Lipinski definition) is 1. The molecule has 8 nitrogen and oxygen atoms in total. The minimum atomic E-state index is -5.77. The lowest BCUT2D eigenvalue weighted by Crippen LogP contribution is -2.49. The number of alkyl halides is 6. The zero-order valence-corrected chi connectivity index (χ0v) is 19.4. The Morgan fingerprint density at radius 3 is 2.41 bits per heavy atom. The van der Waals surface area contributed by atoms with Crippen molar-refractivity contribution in [3.63, 3.8) is 0 Å². The molecule has 4 rings (SSSR count). The summed E-state index contributed by atoms with van der Waals surface area (Å²) in [6, 6.07) is 8.21. The molecule has 1 aliphatic heterocycles. The molecule has 0 aliphatic carbocycles. The van der Waals surface area contributed by atoms with Crippen molar-refractivity contribution < 1.29 is 35.9 Å². The number of hydrogen-bond acceptors (Lipinski definition) is 6. The average molecular weight is 547 g/mol. The summed E-state index contributed by atoms with van der Waals surface area (Å²) < 4.78 is 81.8. The number of ether oxygens (including phenoxy) is 1. The maximum Gasteiger partial charge on any atom is 0.434 e. The Bertz CT molecular complexity index is 1330. The third-order valence-electron chi connectivity index (χ3n) is 5.79. The monoisotopic (exact) mass is 546 g/mol. The quantitative estimate of drug-likeness (QED) is 0.405. The van der Waals surface area contributed by atoms with E-state index in [0.717, 1.165) is 4.90 Å². The third kappa shape index (κ3) is 5.66. The summed E-state index contributed by atoms with van der Waals surface area (Å²) in [4.78, 5) is 21.4. The van der Waals surface area contributed by atoms with Crippen molar-refractivity contribution in [1.29, 1.82) is 5.26 Å². The fourth-order valence-corrected chi connectivity index (χ4v) is 4.23. The summed E-state index contributed by atoms with van der Waals surface area (Å²) >= 11 is 6.23. The van der Waals surface area contributed by atoms with Gasteiger partial charge in [0.2, 0.25) is 0 Å². The molecule has 0 saturated carbocycles. The van der Waals surface area contributed by atoms with Crippen molar-refractivity contribution in [2.75, 3.05) is 18.4 Å². The van der Waals surface area contributed by atoms with E-state index >= 15 is 0 Å². The van der Waals surface area contributed by atoms with Crippen LogP contribution in [0.25, 0.3) is 11.0 Å². The van der Waals surface area contributed by atoms with Crippen LogP contribution in [-0.4, -0.2) is 57.1 Å². The second kappa shape index (κ2) is 9.97. The number of nitriles is 1. The zero-order valence-electron chi connectivity index (χ0n) is 18.6. The first-order valence-corrected chi connectivity index (χ1v) is 11.1. The van der Waals surface area contributed by atoms with Crippen LogP contribution in [0.5, 0.6) is 0 Å². The van der Waals surface area contributed by atoms with Gasteiger partial charge in [-0.2, -0.15) is 31.6 Å². The fourth-order valence-electron chi connectivity index (χ4n) is 4.00. The highest BCUT2D eigenvalue weighted by Crippen LogP contribution is 2.37. The van der Waals surface area contributed by atoms with Crippen molar-refractivity contribution in [1.82, 2.24) is 19.4 Å². The van der Waals surface area contributed by atoms with Gasteiger partial charge in [-0.1, -0.05) is 11.6 Å². The molecule has 37 heavy (non-hydrogen) atoms. The number of nitrogens with zero attached hydrogens (tertiary/aromatic N) is 5. The van der Waals surface area contributed by atoms with Crippen molar-refractivity contribution in [2.24, 2.45) is 0 Å². The van der Waals surface area contributed by atoms with Crippen LogP contribution in [0.15, 0.2) is 36.8 Å². The van der Waals surface area contributed by atoms with E-state index in [-0.39, 0.29) is 32.0 Å². The molecule has 0 radical (unpaired) electrons. The van der Waals surface area contributed by atoms with Crippen molar-refractivity contribution >= 4 is 40.2 Å². The molecular weight excluding hydrogens is 530 g/mol. The lowest BCUT2D eigenvalue weighted by molar-refractivity contribution is -0.308. The van der Waals surface area contributed by atoms with Gasteiger partial charge in [0.1, 0.15) is 17.8 Å². The van der Waals surface area contributed by atoms with Gasteiger partial charge in [-0.3, -0.25) is 0 Å². The van der Waals surface area contributed by atoms with Gasteiger partial charge < -0.3 is 19.5 Å². The molecule has 2 aromatic heterocycles. The number of halogens is 7. The molecule has 1 amide bonds. The molecule has 1 fully saturated rings. The number of fused-ring (bicyclic) bond motifs is 1. The number of rotatable bonds is 4. The molecule has 0 atom stereocenters. The average Bonchev–Trinajstić information content (AvgIpc) is 3.27. The van der Waals surface area contributed by atoms with E-state index in [1.165, 1.54) is 12.4 Å². The lowest BCUT2D eigenvalue weighted by Gasteiger charge is -2.33. The molecule has 1 aromatic carbocycles. The van der Waals surface area contributed by atoms with Gasteiger partial charge in [-0.25, -0.2) is 14.8 Å². The van der Waals surface area contributed by atoms with E-state index in [2.05, 4.69) is 20.0 Å². The molecule has 3 heterocycles. The van der Waals surface area contributed by atoms with Gasteiger partial charge in [0.25, 0.3) is 6.10 Å². The van der Waals surface area contributed by atoms with E-state index in [1.807, 2.05) is 6.07 Å². The second-order valence-electron chi connectivity index (χ2n) is 8.18. The van der Waals surface area contributed by atoms with Gasteiger partial charge in [-0.05, 0) is 37.1 Å². The van der Waals surface area contributed by atoms with Gasteiger partial charge in [-0.15, -0.1) is 0 Å². The number of anilines is 2. The number of carbonyl (C=O) groups excluding carboxylic acids is 1. The summed E-state index contributed by atoms with van der Waals surface area (Å²) in [6.07, 6.45) is -13.9. The predicted octanol–water partition coefficient (Wildman–Crippen LogP) is 5.97. The first-order valence-electron chi connectivity index (χ1n) is 10.8. The lowest BCUT2D eigenvalue weighted by atomic mass is 10.1. The smallest absolute Gasteiger partial charge is 0.426 e. The fraction of sp³-hybridized carbons (Fsp3) is 0.364. The normalized spacial score (nSPS) is 15.2. The molecule has 1 saturated heterocycles. The highest BCUT2D eigenvalue weighted by atomic mass is 35.5. The van der Waals surface area contributed by atoms with Crippen LogP contribution < -0.4 is 5.32 Å². The zero-order chi connectivity index (χ0) is 27.0. The Hall–Kier alpha value is -3.73. The van der Waals surface area contributed by atoms with E-state index in [1.54, 1.807) is 29.0 Å². The molecule has 1 aliphatic rings. The number of amides is 1. The third-order valence-corrected chi connectivity index (χ3v) is 6.10. The largest absolute Gasteiger partial charge is 0.434 e. The van der Waals surface area contributed by atoms with Crippen LogP contribution in [0, 0.1) is 11.3 Å².